The molecule has 1 heteroatoms. The molecule has 0 heterocycles. The second kappa shape index (κ2) is 8.30. The summed E-state index contributed by atoms with van der Waals surface area (Å²) >= 11 is 0. The van der Waals surface area contributed by atoms with Gasteiger partial charge in [0, 0.05) is 0 Å². The number of hydrogen-bond donors (Lipinski definition) is 0. The maximum absolute atomic E-state index is 2.21. The van der Waals surface area contributed by atoms with E-state index in [1.54, 1.807) is 0 Å². The van der Waals surface area contributed by atoms with Crippen molar-refractivity contribution in [3.05, 3.63) is 96.6 Å². The van der Waals surface area contributed by atoms with Gasteiger partial charge in [-0.15, -0.1) is 0 Å². The minimum Gasteiger partial charge on any atom is -0.0623 e. The van der Waals surface area contributed by atoms with E-state index in [0.29, 0.717) is 0 Å². The highest BCUT2D eigenvalue weighted by Crippen LogP contribution is 2.10. The third-order valence-electron chi connectivity index (χ3n) is 2.78. The lowest BCUT2D eigenvalue weighted by molar-refractivity contribution is 1.49. The molecule has 0 saturated carbocycles. The van der Waals surface area contributed by atoms with Crippen LogP contribution < -0.4 is 10.6 Å². The van der Waals surface area contributed by atoms with Crippen molar-refractivity contribution in [1.29, 1.82) is 0 Å². The number of hydrogen-bond acceptors (Lipinski definition) is 0. The molecule has 3 aromatic rings. The van der Waals surface area contributed by atoms with Gasteiger partial charge in [0.05, 0.1) is 0 Å². The summed E-state index contributed by atoms with van der Waals surface area (Å²) in [5, 5.41) is 2.80. The molecular formula is C19H19P. The summed E-state index contributed by atoms with van der Waals surface area (Å²) in [7, 11) is 0.773. The molecular weight excluding hydrogens is 259 g/mol. The van der Waals surface area contributed by atoms with Crippen LogP contribution in [0.2, 0.25) is 0 Å². The first-order valence-electron chi connectivity index (χ1n) is 6.73. The smallest absolute Gasteiger partial charge is 0.0226 e. The molecule has 3 rings (SSSR count). The van der Waals surface area contributed by atoms with Crippen LogP contribution in [0.5, 0.6) is 0 Å². The van der Waals surface area contributed by atoms with E-state index in [-0.39, 0.29) is 0 Å². The topological polar surface area (TPSA) is 0 Å². The summed E-state index contributed by atoms with van der Waals surface area (Å²) in [6, 6.07) is 31.4. The Kier molecular flexibility index (Phi) is 6.02. The highest BCUT2D eigenvalue weighted by Gasteiger charge is 1.94. The van der Waals surface area contributed by atoms with Crippen molar-refractivity contribution in [2.45, 2.75) is 6.92 Å². The SMILES string of the molecule is Cc1ccc(Pc2ccccc2)cc1.c1ccccc1. The lowest BCUT2D eigenvalue weighted by Crippen LogP contribution is -2.01. The molecule has 0 aliphatic rings. The zero-order valence-corrected chi connectivity index (χ0v) is 12.7. The molecule has 0 aromatic heterocycles. The first-order chi connectivity index (χ1) is 9.84. The molecule has 0 fully saturated rings. The van der Waals surface area contributed by atoms with Crippen LogP contribution in [0.15, 0.2) is 91.0 Å². The Morgan fingerprint density at radius 2 is 0.900 bits per heavy atom. The highest BCUT2D eigenvalue weighted by atomic mass is 31.1. The van der Waals surface area contributed by atoms with E-state index in [0.717, 1.165) is 8.58 Å². The van der Waals surface area contributed by atoms with Gasteiger partial charge in [-0.1, -0.05) is 105 Å². The Morgan fingerprint density at radius 1 is 0.500 bits per heavy atom. The van der Waals surface area contributed by atoms with Crippen LogP contribution in [0.25, 0.3) is 0 Å². The first-order valence-corrected chi connectivity index (χ1v) is 7.73. The molecule has 0 N–H and O–H groups in total. The third-order valence-corrected chi connectivity index (χ3v) is 4.02. The van der Waals surface area contributed by atoms with Crippen molar-refractivity contribution in [3.63, 3.8) is 0 Å². The predicted octanol–water partition coefficient (Wildman–Crippen LogP) is 4.31. The summed E-state index contributed by atoms with van der Waals surface area (Å²) in [6.07, 6.45) is 0. The van der Waals surface area contributed by atoms with Gasteiger partial charge in [-0.2, -0.15) is 0 Å². The molecule has 20 heavy (non-hydrogen) atoms. The highest BCUT2D eigenvalue weighted by molar-refractivity contribution is 7.55. The second-order valence-electron chi connectivity index (χ2n) is 4.51. The summed E-state index contributed by atoms with van der Waals surface area (Å²) < 4.78 is 0. The van der Waals surface area contributed by atoms with Crippen LogP contribution in [0.1, 0.15) is 5.56 Å². The first kappa shape index (κ1) is 14.5. The van der Waals surface area contributed by atoms with E-state index in [1.165, 1.54) is 16.2 Å². The second-order valence-corrected chi connectivity index (χ2v) is 5.92. The van der Waals surface area contributed by atoms with Crippen molar-refractivity contribution >= 4 is 19.2 Å². The minimum atomic E-state index is 0.773. The third kappa shape index (κ3) is 5.38. The van der Waals surface area contributed by atoms with Crippen molar-refractivity contribution in [3.8, 4) is 0 Å². The summed E-state index contributed by atoms with van der Waals surface area (Å²) in [5.41, 5.74) is 1.33. The van der Waals surface area contributed by atoms with E-state index in [2.05, 4.69) is 61.5 Å². The van der Waals surface area contributed by atoms with Gasteiger partial charge < -0.3 is 0 Å². The zero-order valence-electron chi connectivity index (χ0n) is 11.7. The maximum Gasteiger partial charge on any atom is -0.0226 e. The molecule has 0 aliphatic heterocycles. The summed E-state index contributed by atoms with van der Waals surface area (Å²) in [5.74, 6) is 0. The lowest BCUT2D eigenvalue weighted by atomic mass is 10.2. The van der Waals surface area contributed by atoms with Gasteiger partial charge in [-0.25, -0.2) is 0 Å². The molecule has 0 spiro atoms. The average molecular weight is 278 g/mol. The van der Waals surface area contributed by atoms with Gasteiger partial charge in [0.15, 0.2) is 0 Å². The van der Waals surface area contributed by atoms with Crippen molar-refractivity contribution in [1.82, 2.24) is 0 Å². The Bertz CT molecular complexity index is 559. The quantitative estimate of drug-likeness (QED) is 0.613. The van der Waals surface area contributed by atoms with E-state index < -0.39 is 0 Å². The molecule has 1 atom stereocenters. The van der Waals surface area contributed by atoms with E-state index in [1.807, 2.05) is 36.4 Å². The van der Waals surface area contributed by atoms with Gasteiger partial charge in [-0.05, 0) is 17.5 Å². The molecule has 3 aromatic carbocycles. The van der Waals surface area contributed by atoms with Crippen LogP contribution >= 0.6 is 8.58 Å². The van der Waals surface area contributed by atoms with Crippen LogP contribution in [-0.2, 0) is 0 Å². The molecule has 0 bridgehead atoms. The van der Waals surface area contributed by atoms with Gasteiger partial charge in [0.25, 0.3) is 0 Å². The number of rotatable bonds is 2. The standard InChI is InChI=1S/C13H13P.C6H6/c1-11-7-9-13(10-8-11)14-12-5-3-2-4-6-12;1-2-4-6-5-3-1/h2-10,14H,1H3;1-6H. The van der Waals surface area contributed by atoms with Crippen molar-refractivity contribution < 1.29 is 0 Å². The lowest BCUT2D eigenvalue weighted by Gasteiger charge is -2.01. The van der Waals surface area contributed by atoms with Crippen LogP contribution in [-0.4, -0.2) is 0 Å². The average Bonchev–Trinajstić information content (AvgIpc) is 2.53. The molecule has 0 nitrogen and oxygen atoms in total. The molecule has 0 saturated heterocycles. The van der Waals surface area contributed by atoms with Gasteiger partial charge in [-0.3, -0.25) is 0 Å². The Morgan fingerprint density at radius 3 is 1.40 bits per heavy atom. The fourth-order valence-corrected chi connectivity index (χ4v) is 2.74. The van der Waals surface area contributed by atoms with Crippen molar-refractivity contribution in [2.24, 2.45) is 0 Å². The van der Waals surface area contributed by atoms with Crippen LogP contribution in [0, 0.1) is 6.92 Å². The molecule has 0 amide bonds. The van der Waals surface area contributed by atoms with Crippen LogP contribution in [0.3, 0.4) is 0 Å². The van der Waals surface area contributed by atoms with Crippen molar-refractivity contribution in [2.75, 3.05) is 0 Å². The molecule has 100 valence electrons. The van der Waals surface area contributed by atoms with E-state index in [4.69, 9.17) is 0 Å². The Hall–Kier alpha value is -1.91. The van der Waals surface area contributed by atoms with Gasteiger partial charge >= 0.3 is 0 Å². The maximum atomic E-state index is 2.21. The normalized spacial score (nSPS) is 10.1. The fraction of sp³-hybridized carbons (Fsp3) is 0.0526. The molecule has 0 radical (unpaired) electrons. The fourth-order valence-electron chi connectivity index (χ4n) is 1.71. The number of benzene rings is 3. The van der Waals surface area contributed by atoms with Gasteiger partial charge in [0.2, 0.25) is 0 Å². The Labute approximate surface area is 123 Å². The van der Waals surface area contributed by atoms with Gasteiger partial charge in [0.1, 0.15) is 0 Å². The summed E-state index contributed by atoms with van der Waals surface area (Å²) in [4.78, 5) is 0. The largest absolute Gasteiger partial charge is 0.0623 e. The monoisotopic (exact) mass is 278 g/mol. The minimum absolute atomic E-state index is 0.773. The zero-order chi connectivity index (χ0) is 14.0. The molecule has 1 unspecified atom stereocenters. The molecule has 0 aliphatic carbocycles. The predicted molar refractivity (Wildman–Crippen MR) is 91.6 cm³/mol. The number of aryl methyl sites for hydroxylation is 1. The van der Waals surface area contributed by atoms with E-state index >= 15 is 0 Å². The van der Waals surface area contributed by atoms with Crippen LogP contribution in [0.4, 0.5) is 0 Å². The van der Waals surface area contributed by atoms with E-state index in [9.17, 15) is 0 Å². The Balaban J connectivity index is 0.000000205. The summed E-state index contributed by atoms with van der Waals surface area (Å²) in [6.45, 7) is 2.12.